The van der Waals surface area contributed by atoms with Gasteiger partial charge >= 0.3 is 0 Å². The van der Waals surface area contributed by atoms with Crippen molar-refractivity contribution in [3.8, 4) is 0 Å². The molecule has 0 spiro atoms. The molecule has 2 N–H and O–H groups in total. The quantitative estimate of drug-likeness (QED) is 0.730. The summed E-state index contributed by atoms with van der Waals surface area (Å²) in [6.45, 7) is 6.31. The highest BCUT2D eigenvalue weighted by Gasteiger charge is 2.04. The molecule has 1 aromatic carbocycles. The highest BCUT2D eigenvalue weighted by Crippen LogP contribution is 2.16. The van der Waals surface area contributed by atoms with Crippen molar-refractivity contribution >= 4 is 17.2 Å². The summed E-state index contributed by atoms with van der Waals surface area (Å²) in [5.74, 6) is 0. The Morgan fingerprint density at radius 2 is 1.69 bits per heavy atom. The van der Waals surface area contributed by atoms with Crippen molar-refractivity contribution in [3.05, 3.63) is 34.4 Å². The summed E-state index contributed by atoms with van der Waals surface area (Å²) in [4.78, 5) is 0.565. The van der Waals surface area contributed by atoms with Crippen LogP contribution in [0.15, 0.2) is 12.1 Å². The number of aryl methyl sites for hydroxylation is 3. The van der Waals surface area contributed by atoms with Crippen molar-refractivity contribution < 1.29 is 0 Å². The summed E-state index contributed by atoms with van der Waals surface area (Å²) < 4.78 is 0. The molecule has 13 heavy (non-hydrogen) atoms. The summed E-state index contributed by atoms with van der Waals surface area (Å²) in [7, 11) is 0. The van der Waals surface area contributed by atoms with E-state index in [1.807, 2.05) is 0 Å². The maximum atomic E-state index is 5.53. The van der Waals surface area contributed by atoms with E-state index in [4.69, 9.17) is 18.0 Å². The maximum Gasteiger partial charge on any atom is 0.0771 e. The van der Waals surface area contributed by atoms with Gasteiger partial charge in [0.05, 0.1) is 4.99 Å². The van der Waals surface area contributed by atoms with Gasteiger partial charge in [-0.25, -0.2) is 0 Å². The van der Waals surface area contributed by atoms with Crippen molar-refractivity contribution in [3.63, 3.8) is 0 Å². The van der Waals surface area contributed by atoms with Crippen LogP contribution in [0.1, 0.15) is 22.3 Å². The Labute approximate surface area is 85.0 Å². The zero-order valence-electron chi connectivity index (χ0n) is 8.35. The molecule has 0 heterocycles. The van der Waals surface area contributed by atoms with E-state index in [0.717, 1.165) is 0 Å². The topological polar surface area (TPSA) is 26.0 Å². The number of hydrogen-bond donors (Lipinski definition) is 1. The van der Waals surface area contributed by atoms with E-state index in [0.29, 0.717) is 11.4 Å². The fourth-order valence-electron chi connectivity index (χ4n) is 1.66. The molecule has 0 fully saturated rings. The van der Waals surface area contributed by atoms with E-state index < -0.39 is 0 Å². The van der Waals surface area contributed by atoms with Gasteiger partial charge in [0.15, 0.2) is 0 Å². The second-order valence-electron chi connectivity index (χ2n) is 3.52. The SMILES string of the molecule is Cc1cc(C)c(CC(N)=S)c(C)c1. The predicted molar refractivity (Wildman–Crippen MR) is 61.1 cm³/mol. The van der Waals surface area contributed by atoms with E-state index in [9.17, 15) is 0 Å². The van der Waals surface area contributed by atoms with Crippen LogP contribution >= 0.6 is 12.2 Å². The van der Waals surface area contributed by atoms with Gasteiger partial charge in [-0.3, -0.25) is 0 Å². The van der Waals surface area contributed by atoms with Crippen molar-refractivity contribution in [2.24, 2.45) is 5.73 Å². The van der Waals surface area contributed by atoms with Gasteiger partial charge in [-0.05, 0) is 37.5 Å². The molecule has 1 nitrogen and oxygen atoms in total. The lowest BCUT2D eigenvalue weighted by atomic mass is 9.97. The van der Waals surface area contributed by atoms with Crippen molar-refractivity contribution in [2.75, 3.05) is 0 Å². The van der Waals surface area contributed by atoms with Crippen LogP contribution in [0.2, 0.25) is 0 Å². The number of hydrogen-bond acceptors (Lipinski definition) is 1. The molecule has 2 heteroatoms. The molecule has 0 saturated carbocycles. The van der Waals surface area contributed by atoms with E-state index in [1.165, 1.54) is 22.3 Å². The molecule has 0 unspecified atom stereocenters. The Balaban J connectivity index is 3.13. The first kappa shape index (κ1) is 10.2. The molecule has 0 amide bonds. The second-order valence-corrected chi connectivity index (χ2v) is 4.04. The normalized spacial score (nSPS) is 10.1. The van der Waals surface area contributed by atoms with Gasteiger partial charge in [-0.2, -0.15) is 0 Å². The smallest absolute Gasteiger partial charge is 0.0771 e. The summed E-state index contributed by atoms with van der Waals surface area (Å²) in [6, 6.07) is 4.33. The molecule has 1 rings (SSSR count). The molecule has 0 radical (unpaired) electrons. The van der Waals surface area contributed by atoms with Gasteiger partial charge in [0.1, 0.15) is 0 Å². The number of rotatable bonds is 2. The fraction of sp³-hybridized carbons (Fsp3) is 0.364. The zero-order valence-corrected chi connectivity index (χ0v) is 9.16. The monoisotopic (exact) mass is 193 g/mol. The molecule has 0 saturated heterocycles. The third kappa shape index (κ3) is 2.52. The summed E-state index contributed by atoms with van der Waals surface area (Å²) in [6.07, 6.45) is 0.716. The van der Waals surface area contributed by atoms with Crippen LogP contribution in [0.4, 0.5) is 0 Å². The molecule has 0 atom stereocenters. The average Bonchev–Trinajstić information content (AvgIpc) is 1.96. The lowest BCUT2D eigenvalue weighted by Crippen LogP contribution is -2.13. The Morgan fingerprint density at radius 3 is 2.08 bits per heavy atom. The number of benzene rings is 1. The fourth-order valence-corrected chi connectivity index (χ4v) is 1.81. The molecule has 0 aliphatic heterocycles. The van der Waals surface area contributed by atoms with Crippen LogP contribution in [-0.2, 0) is 6.42 Å². The summed E-state index contributed by atoms with van der Waals surface area (Å²) in [5, 5.41) is 0. The molecule has 1 aromatic rings. The van der Waals surface area contributed by atoms with E-state index in [2.05, 4.69) is 32.9 Å². The van der Waals surface area contributed by atoms with Crippen LogP contribution < -0.4 is 5.73 Å². The first-order chi connectivity index (χ1) is 6.00. The molecule has 0 aliphatic carbocycles. The highest BCUT2D eigenvalue weighted by atomic mass is 32.1. The highest BCUT2D eigenvalue weighted by molar-refractivity contribution is 7.80. The van der Waals surface area contributed by atoms with Crippen molar-refractivity contribution in [1.82, 2.24) is 0 Å². The lowest BCUT2D eigenvalue weighted by Gasteiger charge is -2.09. The Bertz CT molecular complexity index is 319. The standard InChI is InChI=1S/C11H15NS/c1-7-4-8(2)10(6-11(12)13)9(3)5-7/h4-5H,6H2,1-3H3,(H2,12,13). The first-order valence-corrected chi connectivity index (χ1v) is 4.76. The van der Waals surface area contributed by atoms with E-state index in [-0.39, 0.29) is 0 Å². The van der Waals surface area contributed by atoms with Crippen LogP contribution in [0.5, 0.6) is 0 Å². The first-order valence-electron chi connectivity index (χ1n) is 4.35. The Hall–Kier alpha value is -0.890. The van der Waals surface area contributed by atoms with Gasteiger partial charge in [0.25, 0.3) is 0 Å². The van der Waals surface area contributed by atoms with Gasteiger partial charge < -0.3 is 5.73 Å². The minimum Gasteiger partial charge on any atom is -0.393 e. The van der Waals surface area contributed by atoms with Crippen molar-refractivity contribution in [2.45, 2.75) is 27.2 Å². The number of thiocarbonyl (C=S) groups is 1. The minimum absolute atomic E-state index is 0.565. The maximum absolute atomic E-state index is 5.53. The van der Waals surface area contributed by atoms with Gasteiger partial charge in [0, 0.05) is 6.42 Å². The third-order valence-electron chi connectivity index (χ3n) is 2.19. The van der Waals surface area contributed by atoms with E-state index in [1.54, 1.807) is 0 Å². The van der Waals surface area contributed by atoms with Crippen LogP contribution in [0.3, 0.4) is 0 Å². The molecule has 70 valence electrons. The lowest BCUT2D eigenvalue weighted by molar-refractivity contribution is 1.18. The minimum atomic E-state index is 0.565. The average molecular weight is 193 g/mol. The van der Waals surface area contributed by atoms with Gasteiger partial charge in [0.2, 0.25) is 0 Å². The largest absolute Gasteiger partial charge is 0.393 e. The molecular weight excluding hydrogens is 178 g/mol. The molecule has 0 aliphatic rings. The summed E-state index contributed by atoms with van der Waals surface area (Å²) in [5.41, 5.74) is 10.7. The Morgan fingerprint density at radius 1 is 1.23 bits per heavy atom. The van der Waals surface area contributed by atoms with E-state index >= 15 is 0 Å². The zero-order chi connectivity index (χ0) is 10.0. The molecular formula is C11H15NS. The van der Waals surface area contributed by atoms with Crippen LogP contribution in [0, 0.1) is 20.8 Å². The van der Waals surface area contributed by atoms with Gasteiger partial charge in [-0.15, -0.1) is 0 Å². The third-order valence-corrected chi connectivity index (χ3v) is 2.34. The van der Waals surface area contributed by atoms with Crippen molar-refractivity contribution in [1.29, 1.82) is 0 Å². The second kappa shape index (κ2) is 3.88. The van der Waals surface area contributed by atoms with Crippen LogP contribution in [-0.4, -0.2) is 4.99 Å². The molecule has 0 aromatic heterocycles. The Kier molecular flexibility index (Phi) is 3.04. The summed E-state index contributed by atoms with van der Waals surface area (Å²) >= 11 is 4.91. The molecule has 0 bridgehead atoms. The van der Waals surface area contributed by atoms with Gasteiger partial charge in [-0.1, -0.05) is 29.9 Å². The number of nitrogens with two attached hydrogens (primary N) is 1. The predicted octanol–water partition coefficient (Wildman–Crippen LogP) is 2.44. The van der Waals surface area contributed by atoms with Crippen LogP contribution in [0.25, 0.3) is 0 Å².